The van der Waals surface area contributed by atoms with Gasteiger partial charge in [-0.25, -0.2) is 0 Å². The standard InChI is InChI=1S/C15H16N2O4/c1-4-7-16-14(18)13-9-10-8-11(20-2)5-6-12(10)15(19)17(13)21-3/h4-6,8-9H,1,7H2,2-3H3,(H,16,18). The van der Waals surface area contributed by atoms with Gasteiger partial charge in [0, 0.05) is 6.54 Å². The first-order valence-electron chi connectivity index (χ1n) is 6.29. The fourth-order valence-corrected chi connectivity index (χ4v) is 2.00. The number of benzene rings is 1. The summed E-state index contributed by atoms with van der Waals surface area (Å²) in [7, 11) is 2.87. The lowest BCUT2D eigenvalue weighted by molar-refractivity contribution is 0.0889. The lowest BCUT2D eigenvalue weighted by Crippen LogP contribution is -2.35. The highest BCUT2D eigenvalue weighted by atomic mass is 16.7. The van der Waals surface area contributed by atoms with Crippen molar-refractivity contribution in [2.24, 2.45) is 0 Å². The quantitative estimate of drug-likeness (QED) is 0.833. The summed E-state index contributed by atoms with van der Waals surface area (Å²) in [4.78, 5) is 29.5. The topological polar surface area (TPSA) is 69.6 Å². The molecule has 1 N–H and O–H groups in total. The Kier molecular flexibility index (Phi) is 4.27. The molecule has 0 saturated heterocycles. The number of hydrogen-bond acceptors (Lipinski definition) is 4. The predicted octanol–water partition coefficient (Wildman–Crippen LogP) is 0.984. The summed E-state index contributed by atoms with van der Waals surface area (Å²) in [6.07, 6.45) is 1.55. The van der Waals surface area contributed by atoms with E-state index in [9.17, 15) is 9.59 Å². The molecular formula is C15H16N2O4. The number of nitrogens with one attached hydrogen (secondary N) is 1. The van der Waals surface area contributed by atoms with Crippen molar-refractivity contribution < 1.29 is 14.4 Å². The van der Waals surface area contributed by atoms with Gasteiger partial charge in [0.15, 0.2) is 0 Å². The number of carbonyl (C=O) groups excluding carboxylic acids is 1. The molecule has 0 aliphatic heterocycles. The average Bonchev–Trinajstić information content (AvgIpc) is 2.51. The first-order valence-corrected chi connectivity index (χ1v) is 6.29. The molecule has 0 atom stereocenters. The smallest absolute Gasteiger partial charge is 0.291 e. The minimum Gasteiger partial charge on any atom is -0.497 e. The molecule has 21 heavy (non-hydrogen) atoms. The molecule has 0 unspecified atom stereocenters. The summed E-state index contributed by atoms with van der Waals surface area (Å²) >= 11 is 0. The Morgan fingerprint density at radius 2 is 2.14 bits per heavy atom. The highest BCUT2D eigenvalue weighted by Crippen LogP contribution is 2.19. The number of methoxy groups -OCH3 is 1. The minimum absolute atomic E-state index is 0.116. The van der Waals surface area contributed by atoms with Crippen LogP contribution in [0.3, 0.4) is 0 Å². The largest absolute Gasteiger partial charge is 0.497 e. The molecule has 2 rings (SSSR count). The Labute approximate surface area is 121 Å². The molecule has 1 aromatic carbocycles. The Morgan fingerprint density at radius 3 is 2.76 bits per heavy atom. The zero-order valence-corrected chi connectivity index (χ0v) is 11.9. The molecule has 110 valence electrons. The van der Waals surface area contributed by atoms with Crippen LogP contribution in [0.4, 0.5) is 0 Å². The molecule has 6 heteroatoms. The van der Waals surface area contributed by atoms with Gasteiger partial charge >= 0.3 is 0 Å². The van der Waals surface area contributed by atoms with Gasteiger partial charge in [-0.2, -0.15) is 0 Å². The second-order valence-corrected chi connectivity index (χ2v) is 4.26. The predicted molar refractivity (Wildman–Crippen MR) is 79.8 cm³/mol. The summed E-state index contributed by atoms with van der Waals surface area (Å²) in [6, 6.07) is 6.60. The van der Waals surface area contributed by atoms with Gasteiger partial charge in [-0.3, -0.25) is 9.59 Å². The highest BCUT2D eigenvalue weighted by Gasteiger charge is 2.16. The molecule has 2 aromatic rings. The molecule has 6 nitrogen and oxygen atoms in total. The van der Waals surface area contributed by atoms with Gasteiger partial charge in [-0.05, 0) is 29.7 Å². The summed E-state index contributed by atoms with van der Waals surface area (Å²) in [5.41, 5.74) is -0.286. The van der Waals surface area contributed by atoms with Crippen LogP contribution in [-0.2, 0) is 0 Å². The Bertz CT molecular complexity index is 749. The van der Waals surface area contributed by atoms with Gasteiger partial charge in [-0.1, -0.05) is 6.08 Å². The lowest BCUT2D eigenvalue weighted by atomic mass is 10.1. The Hall–Kier alpha value is -2.76. The Balaban J connectivity index is 2.65. The molecule has 0 radical (unpaired) electrons. The number of amides is 1. The number of ether oxygens (including phenoxy) is 1. The molecular weight excluding hydrogens is 272 g/mol. The first-order chi connectivity index (χ1) is 10.1. The van der Waals surface area contributed by atoms with Crippen LogP contribution in [0.5, 0.6) is 5.75 Å². The minimum atomic E-state index is -0.418. The van der Waals surface area contributed by atoms with Crippen molar-refractivity contribution in [3.8, 4) is 5.75 Å². The number of nitrogens with zero attached hydrogens (tertiary/aromatic N) is 1. The molecule has 0 aliphatic rings. The molecule has 1 aromatic heterocycles. The van der Waals surface area contributed by atoms with Crippen molar-refractivity contribution in [1.29, 1.82) is 0 Å². The summed E-state index contributed by atoms with van der Waals surface area (Å²) in [5, 5.41) is 3.67. The second kappa shape index (κ2) is 6.13. The van der Waals surface area contributed by atoms with E-state index >= 15 is 0 Å². The number of carbonyl (C=O) groups is 1. The third kappa shape index (κ3) is 2.74. The van der Waals surface area contributed by atoms with Gasteiger partial charge in [0.05, 0.1) is 12.5 Å². The number of pyridine rings is 1. The maximum atomic E-state index is 12.4. The summed E-state index contributed by atoms with van der Waals surface area (Å²) < 4.78 is 6.10. The maximum absolute atomic E-state index is 12.4. The van der Waals surface area contributed by atoms with Gasteiger partial charge in [0.2, 0.25) is 0 Å². The van der Waals surface area contributed by atoms with Crippen LogP contribution >= 0.6 is 0 Å². The van der Waals surface area contributed by atoms with Crippen LogP contribution in [0.1, 0.15) is 10.5 Å². The third-order valence-electron chi connectivity index (χ3n) is 3.01. The molecule has 1 heterocycles. The number of hydrogen-bond donors (Lipinski definition) is 1. The van der Waals surface area contributed by atoms with E-state index in [1.54, 1.807) is 30.3 Å². The van der Waals surface area contributed by atoms with Gasteiger partial charge in [-0.15, -0.1) is 11.3 Å². The molecule has 0 spiro atoms. The van der Waals surface area contributed by atoms with Crippen molar-refractivity contribution in [2.45, 2.75) is 0 Å². The van der Waals surface area contributed by atoms with E-state index in [0.717, 1.165) is 4.73 Å². The number of aromatic nitrogens is 1. The van der Waals surface area contributed by atoms with Crippen LogP contribution in [-0.4, -0.2) is 31.4 Å². The number of rotatable bonds is 5. The zero-order valence-electron chi connectivity index (χ0n) is 11.9. The average molecular weight is 288 g/mol. The summed E-state index contributed by atoms with van der Waals surface area (Å²) in [5.74, 6) is 0.188. The van der Waals surface area contributed by atoms with Crippen LogP contribution in [0.15, 0.2) is 41.7 Å². The van der Waals surface area contributed by atoms with Gasteiger partial charge < -0.3 is 14.9 Å². The fourth-order valence-electron chi connectivity index (χ4n) is 2.00. The van der Waals surface area contributed by atoms with Gasteiger partial charge in [0.25, 0.3) is 11.5 Å². The molecule has 0 aliphatic carbocycles. The van der Waals surface area contributed by atoms with Crippen molar-refractivity contribution in [3.05, 3.63) is 53.0 Å². The zero-order chi connectivity index (χ0) is 15.4. The monoisotopic (exact) mass is 288 g/mol. The van der Waals surface area contributed by atoms with Gasteiger partial charge in [0.1, 0.15) is 18.6 Å². The molecule has 0 saturated carbocycles. The van der Waals surface area contributed by atoms with Crippen molar-refractivity contribution in [1.82, 2.24) is 10.0 Å². The van der Waals surface area contributed by atoms with Crippen molar-refractivity contribution >= 4 is 16.7 Å². The van der Waals surface area contributed by atoms with E-state index in [4.69, 9.17) is 9.57 Å². The van der Waals surface area contributed by atoms with Crippen LogP contribution in [0, 0.1) is 0 Å². The SMILES string of the molecule is C=CCNC(=O)c1cc2cc(OC)ccc2c(=O)n1OC. The van der Waals surface area contributed by atoms with Crippen LogP contribution in [0.2, 0.25) is 0 Å². The number of fused-ring (bicyclic) bond motifs is 1. The second-order valence-electron chi connectivity index (χ2n) is 4.26. The van der Waals surface area contributed by atoms with Crippen molar-refractivity contribution in [2.75, 3.05) is 20.8 Å². The third-order valence-corrected chi connectivity index (χ3v) is 3.01. The van der Waals surface area contributed by atoms with E-state index in [-0.39, 0.29) is 5.69 Å². The fraction of sp³-hybridized carbons (Fsp3) is 0.200. The maximum Gasteiger partial charge on any atom is 0.291 e. The normalized spacial score (nSPS) is 10.2. The molecule has 1 amide bonds. The van der Waals surface area contributed by atoms with Crippen LogP contribution in [0.25, 0.3) is 10.8 Å². The van der Waals surface area contributed by atoms with E-state index in [0.29, 0.717) is 23.1 Å². The Morgan fingerprint density at radius 1 is 1.38 bits per heavy atom. The van der Waals surface area contributed by atoms with Crippen LogP contribution < -0.4 is 20.5 Å². The summed E-state index contributed by atoms with van der Waals surface area (Å²) in [6.45, 7) is 3.83. The van der Waals surface area contributed by atoms with E-state index in [2.05, 4.69) is 11.9 Å². The first kappa shape index (κ1) is 14.6. The van der Waals surface area contributed by atoms with Crippen molar-refractivity contribution in [3.63, 3.8) is 0 Å². The van der Waals surface area contributed by atoms with E-state index in [1.807, 2.05) is 0 Å². The lowest BCUT2D eigenvalue weighted by Gasteiger charge is -2.12. The highest BCUT2D eigenvalue weighted by molar-refractivity contribution is 5.96. The van der Waals surface area contributed by atoms with E-state index < -0.39 is 11.5 Å². The molecule has 0 fully saturated rings. The molecule has 0 bridgehead atoms. The van der Waals surface area contributed by atoms with E-state index in [1.165, 1.54) is 14.2 Å².